The number of para-hydroxylation sites is 3. The molecule has 0 N–H and O–H groups in total. The standard InChI is InChI=1S/C46H28N2/c1-2-11-31(12-3-1)47-41-19-8-7-16-35(41)40-27-29(22-25-44(40)47)30-21-23-36-34-15-6-9-20-42(34)48(45(36)28-30)43-26-24-38-33-14-5-4-13-32(33)37-17-10-18-39(43)46(37)38/h1-28H. The molecule has 10 aromatic rings. The van der Waals surface area contributed by atoms with Crippen LogP contribution in [0.1, 0.15) is 0 Å². The molecule has 222 valence electrons. The molecule has 2 heterocycles. The van der Waals surface area contributed by atoms with Crippen molar-refractivity contribution in [2.24, 2.45) is 0 Å². The third kappa shape index (κ3) is 3.41. The van der Waals surface area contributed by atoms with Crippen LogP contribution in [0, 0.1) is 0 Å². The summed E-state index contributed by atoms with van der Waals surface area (Å²) in [6.45, 7) is 0. The van der Waals surface area contributed by atoms with Crippen molar-refractivity contribution in [3.8, 4) is 44.8 Å². The molecule has 1 aliphatic rings. The lowest BCUT2D eigenvalue weighted by Crippen LogP contribution is -1.96. The van der Waals surface area contributed by atoms with E-state index in [1.807, 2.05) is 0 Å². The molecule has 2 aromatic heterocycles. The Morgan fingerprint density at radius 1 is 0.292 bits per heavy atom. The van der Waals surface area contributed by atoms with Crippen LogP contribution in [-0.2, 0) is 0 Å². The minimum atomic E-state index is 1.18. The lowest BCUT2D eigenvalue weighted by molar-refractivity contribution is 1.18. The van der Waals surface area contributed by atoms with Gasteiger partial charge in [-0.2, -0.15) is 0 Å². The predicted molar refractivity (Wildman–Crippen MR) is 202 cm³/mol. The van der Waals surface area contributed by atoms with Crippen molar-refractivity contribution in [3.05, 3.63) is 170 Å². The zero-order valence-electron chi connectivity index (χ0n) is 26.1. The maximum absolute atomic E-state index is 2.49. The lowest BCUT2D eigenvalue weighted by atomic mass is 10.0. The first-order valence-electron chi connectivity index (χ1n) is 16.6. The Balaban J connectivity index is 1.16. The molecule has 0 saturated heterocycles. The van der Waals surface area contributed by atoms with E-state index in [9.17, 15) is 0 Å². The van der Waals surface area contributed by atoms with Crippen molar-refractivity contribution in [2.75, 3.05) is 0 Å². The van der Waals surface area contributed by atoms with Gasteiger partial charge in [0.15, 0.2) is 0 Å². The summed E-state index contributed by atoms with van der Waals surface area (Å²) in [5, 5.41) is 7.69. The van der Waals surface area contributed by atoms with Gasteiger partial charge in [-0.15, -0.1) is 0 Å². The molecule has 0 bridgehead atoms. The fourth-order valence-electron chi connectivity index (χ4n) is 8.41. The normalized spacial score (nSPS) is 12.2. The van der Waals surface area contributed by atoms with Gasteiger partial charge >= 0.3 is 0 Å². The van der Waals surface area contributed by atoms with E-state index >= 15 is 0 Å². The number of fused-ring (bicyclic) bond motifs is 9. The molecule has 0 radical (unpaired) electrons. The van der Waals surface area contributed by atoms with Crippen molar-refractivity contribution >= 4 is 54.4 Å². The van der Waals surface area contributed by atoms with Crippen molar-refractivity contribution in [1.82, 2.24) is 9.13 Å². The molecule has 11 rings (SSSR count). The van der Waals surface area contributed by atoms with Crippen LogP contribution in [0.2, 0.25) is 0 Å². The summed E-state index contributed by atoms with van der Waals surface area (Å²) in [6.07, 6.45) is 0. The second-order valence-corrected chi connectivity index (χ2v) is 12.9. The SMILES string of the molecule is c1ccc(-n2c3ccccc3c3cc(-c4ccc5c6ccccc6n(-c6ccc7c8c(cccc68)-c6ccccc6-7)c5c4)ccc32)cc1. The first-order chi connectivity index (χ1) is 23.8. The van der Waals surface area contributed by atoms with Crippen molar-refractivity contribution < 1.29 is 0 Å². The van der Waals surface area contributed by atoms with E-state index < -0.39 is 0 Å². The molecule has 0 aliphatic heterocycles. The Labute approximate surface area is 277 Å². The molecule has 0 unspecified atom stereocenters. The third-order valence-electron chi connectivity index (χ3n) is 10.5. The summed E-state index contributed by atoms with van der Waals surface area (Å²) in [6, 6.07) is 62.4. The van der Waals surface area contributed by atoms with Crippen molar-refractivity contribution in [1.29, 1.82) is 0 Å². The Bertz CT molecular complexity index is 2910. The second-order valence-electron chi connectivity index (χ2n) is 12.9. The van der Waals surface area contributed by atoms with Crippen molar-refractivity contribution in [3.63, 3.8) is 0 Å². The largest absolute Gasteiger partial charge is 0.309 e. The first kappa shape index (κ1) is 25.8. The summed E-state index contributed by atoms with van der Waals surface area (Å²) in [7, 11) is 0. The van der Waals surface area contributed by atoms with Gasteiger partial charge in [0.1, 0.15) is 0 Å². The van der Waals surface area contributed by atoms with Gasteiger partial charge in [0, 0.05) is 32.6 Å². The van der Waals surface area contributed by atoms with Gasteiger partial charge in [-0.3, -0.25) is 0 Å². The highest BCUT2D eigenvalue weighted by Gasteiger charge is 2.24. The van der Waals surface area contributed by atoms with Gasteiger partial charge in [0.25, 0.3) is 0 Å². The number of hydrogen-bond donors (Lipinski definition) is 0. The van der Waals surface area contributed by atoms with Crippen LogP contribution in [0.4, 0.5) is 0 Å². The lowest BCUT2D eigenvalue weighted by Gasteiger charge is -2.14. The summed E-state index contributed by atoms with van der Waals surface area (Å²) in [5.74, 6) is 0. The average Bonchev–Trinajstić information content (AvgIpc) is 3.78. The summed E-state index contributed by atoms with van der Waals surface area (Å²) >= 11 is 0. The fraction of sp³-hybridized carbons (Fsp3) is 0. The van der Waals surface area contributed by atoms with Gasteiger partial charge < -0.3 is 9.13 Å². The minimum Gasteiger partial charge on any atom is -0.309 e. The molecule has 48 heavy (non-hydrogen) atoms. The molecule has 8 aromatic carbocycles. The molecule has 2 heteroatoms. The maximum atomic E-state index is 2.49. The number of aromatic nitrogens is 2. The Hall–Kier alpha value is -6.38. The minimum absolute atomic E-state index is 1.18. The highest BCUT2D eigenvalue weighted by Crippen LogP contribution is 2.49. The fourth-order valence-corrected chi connectivity index (χ4v) is 8.41. The molecule has 2 nitrogen and oxygen atoms in total. The highest BCUT2D eigenvalue weighted by molar-refractivity contribution is 6.19. The van der Waals surface area contributed by atoms with Gasteiger partial charge in [0.2, 0.25) is 0 Å². The molecule has 0 fully saturated rings. The summed E-state index contributed by atoms with van der Waals surface area (Å²) < 4.78 is 4.86. The molecule has 0 saturated carbocycles. The topological polar surface area (TPSA) is 9.86 Å². The second kappa shape index (κ2) is 9.57. The quantitative estimate of drug-likeness (QED) is 0.189. The highest BCUT2D eigenvalue weighted by atomic mass is 15.0. The summed E-state index contributed by atoms with van der Waals surface area (Å²) in [5.41, 5.74) is 15.0. The van der Waals surface area contributed by atoms with Crippen LogP contribution in [0.5, 0.6) is 0 Å². The molecular weight excluding hydrogens is 581 g/mol. The van der Waals surface area contributed by atoms with Crippen LogP contribution < -0.4 is 0 Å². The van der Waals surface area contributed by atoms with Gasteiger partial charge in [0.05, 0.1) is 27.8 Å². The van der Waals surface area contributed by atoms with Crippen LogP contribution in [0.3, 0.4) is 0 Å². The van der Waals surface area contributed by atoms with Gasteiger partial charge in [-0.25, -0.2) is 0 Å². The van der Waals surface area contributed by atoms with E-state index in [0.717, 1.165) is 0 Å². The van der Waals surface area contributed by atoms with Gasteiger partial charge in [-0.1, -0.05) is 121 Å². The van der Waals surface area contributed by atoms with E-state index in [2.05, 4.69) is 179 Å². The van der Waals surface area contributed by atoms with E-state index in [1.54, 1.807) is 0 Å². The Morgan fingerprint density at radius 2 is 0.854 bits per heavy atom. The van der Waals surface area contributed by atoms with E-state index in [0.29, 0.717) is 0 Å². The number of rotatable bonds is 3. The Morgan fingerprint density at radius 3 is 1.67 bits per heavy atom. The zero-order valence-corrected chi connectivity index (χ0v) is 26.1. The maximum Gasteiger partial charge on any atom is 0.0547 e. The van der Waals surface area contributed by atoms with Crippen LogP contribution in [0.15, 0.2) is 170 Å². The van der Waals surface area contributed by atoms with Crippen LogP contribution >= 0.6 is 0 Å². The van der Waals surface area contributed by atoms with Crippen LogP contribution in [-0.4, -0.2) is 9.13 Å². The molecule has 0 spiro atoms. The van der Waals surface area contributed by atoms with Crippen molar-refractivity contribution in [2.45, 2.75) is 0 Å². The van der Waals surface area contributed by atoms with Crippen LogP contribution in [0.25, 0.3) is 99.1 Å². The molecule has 0 amide bonds. The van der Waals surface area contributed by atoms with E-state index in [1.165, 1.54) is 99.1 Å². The molecule has 0 atom stereocenters. The summed E-state index contributed by atoms with van der Waals surface area (Å²) in [4.78, 5) is 0. The molecule has 1 aliphatic carbocycles. The molecular formula is C46H28N2. The third-order valence-corrected chi connectivity index (χ3v) is 10.5. The first-order valence-corrected chi connectivity index (χ1v) is 16.6. The Kier molecular flexibility index (Phi) is 5.14. The number of hydrogen-bond acceptors (Lipinski definition) is 0. The zero-order chi connectivity index (χ0) is 31.3. The average molecular weight is 609 g/mol. The number of nitrogens with zero attached hydrogens (tertiary/aromatic N) is 2. The predicted octanol–water partition coefficient (Wildman–Crippen LogP) is 12.3. The number of benzene rings is 8. The van der Waals surface area contributed by atoms with E-state index in [-0.39, 0.29) is 0 Å². The van der Waals surface area contributed by atoms with Gasteiger partial charge in [-0.05, 0) is 87.3 Å². The monoisotopic (exact) mass is 608 g/mol. The smallest absolute Gasteiger partial charge is 0.0547 e. The van der Waals surface area contributed by atoms with E-state index in [4.69, 9.17) is 0 Å².